The molecule has 1 heterocycles. The highest BCUT2D eigenvalue weighted by Crippen LogP contribution is 2.28. The van der Waals surface area contributed by atoms with E-state index in [9.17, 15) is 9.59 Å². The van der Waals surface area contributed by atoms with E-state index in [4.69, 9.17) is 0 Å². The first kappa shape index (κ1) is 22.8. The molecule has 0 aliphatic rings. The first-order valence-corrected chi connectivity index (χ1v) is 11.8. The standard InChI is InChI=1S/C24H20BrN5O2S/c1-16-11-13-18(14-12-16)30-22(17-7-3-2-4-8-17)27-29-24(30)33-15-21(31)26-28-23(32)19-9-5-6-10-20(19)25/h2-14H,15H2,1H3,(H,26,31)(H,28,32). The number of rotatable bonds is 6. The molecule has 2 amide bonds. The van der Waals surface area contributed by atoms with Crippen LogP contribution in [0.2, 0.25) is 0 Å². The molecule has 0 aliphatic carbocycles. The molecule has 0 spiro atoms. The summed E-state index contributed by atoms with van der Waals surface area (Å²) in [5, 5.41) is 9.27. The lowest BCUT2D eigenvalue weighted by atomic mass is 10.2. The van der Waals surface area contributed by atoms with Gasteiger partial charge in [0.25, 0.3) is 5.91 Å². The zero-order chi connectivity index (χ0) is 23.2. The maximum atomic E-state index is 12.4. The predicted octanol–water partition coefficient (Wildman–Crippen LogP) is 4.56. The Morgan fingerprint density at radius 2 is 1.61 bits per heavy atom. The van der Waals surface area contributed by atoms with Gasteiger partial charge >= 0.3 is 0 Å². The number of hydrazine groups is 1. The lowest BCUT2D eigenvalue weighted by Gasteiger charge is -2.11. The molecule has 0 radical (unpaired) electrons. The lowest BCUT2D eigenvalue weighted by molar-refractivity contribution is -0.119. The third-order valence-electron chi connectivity index (χ3n) is 4.72. The summed E-state index contributed by atoms with van der Waals surface area (Å²) in [6.45, 7) is 2.02. The fourth-order valence-electron chi connectivity index (χ4n) is 3.07. The van der Waals surface area contributed by atoms with Crippen LogP contribution < -0.4 is 10.9 Å². The SMILES string of the molecule is Cc1ccc(-n2c(SCC(=O)NNC(=O)c3ccccc3Br)nnc2-c2ccccc2)cc1. The van der Waals surface area contributed by atoms with E-state index in [1.54, 1.807) is 18.2 Å². The van der Waals surface area contributed by atoms with E-state index in [2.05, 4.69) is 37.0 Å². The van der Waals surface area contributed by atoms with Crippen molar-refractivity contribution in [3.63, 3.8) is 0 Å². The molecule has 4 rings (SSSR count). The summed E-state index contributed by atoms with van der Waals surface area (Å²) in [5.74, 6) is -0.0330. The van der Waals surface area contributed by atoms with Gasteiger partial charge in [0, 0.05) is 15.7 Å². The summed E-state index contributed by atoms with van der Waals surface area (Å²) >= 11 is 4.56. The van der Waals surface area contributed by atoms with E-state index in [1.807, 2.05) is 72.2 Å². The lowest BCUT2D eigenvalue weighted by Crippen LogP contribution is -2.42. The molecule has 0 saturated heterocycles. The number of amides is 2. The minimum atomic E-state index is -0.407. The van der Waals surface area contributed by atoms with Crippen molar-refractivity contribution in [3.05, 3.63) is 94.5 Å². The van der Waals surface area contributed by atoms with E-state index in [0.717, 1.165) is 16.8 Å². The van der Waals surface area contributed by atoms with Gasteiger partial charge in [-0.05, 0) is 47.1 Å². The Balaban J connectivity index is 1.48. The van der Waals surface area contributed by atoms with Crippen molar-refractivity contribution in [2.24, 2.45) is 0 Å². The van der Waals surface area contributed by atoms with Gasteiger partial charge < -0.3 is 0 Å². The second-order valence-corrected chi connectivity index (χ2v) is 8.91. The summed E-state index contributed by atoms with van der Waals surface area (Å²) in [6.07, 6.45) is 0. The van der Waals surface area contributed by atoms with Crippen molar-refractivity contribution in [2.75, 3.05) is 5.75 Å². The number of carbonyl (C=O) groups is 2. The van der Waals surface area contributed by atoms with Crippen molar-refractivity contribution in [1.29, 1.82) is 0 Å². The summed E-state index contributed by atoms with van der Waals surface area (Å²) in [4.78, 5) is 24.7. The van der Waals surface area contributed by atoms with Crippen LogP contribution in [0.15, 0.2) is 88.5 Å². The number of carbonyl (C=O) groups excluding carboxylic acids is 2. The van der Waals surface area contributed by atoms with Gasteiger partial charge in [-0.3, -0.25) is 25.0 Å². The molecular formula is C24H20BrN5O2S. The van der Waals surface area contributed by atoms with Crippen molar-refractivity contribution in [2.45, 2.75) is 12.1 Å². The fourth-order valence-corrected chi connectivity index (χ4v) is 4.29. The third kappa shape index (κ3) is 5.50. The highest BCUT2D eigenvalue weighted by atomic mass is 79.9. The largest absolute Gasteiger partial charge is 0.272 e. The maximum absolute atomic E-state index is 12.4. The van der Waals surface area contributed by atoms with Crippen molar-refractivity contribution < 1.29 is 9.59 Å². The molecular weight excluding hydrogens is 502 g/mol. The van der Waals surface area contributed by atoms with Crippen LogP contribution in [-0.2, 0) is 4.79 Å². The summed E-state index contributed by atoms with van der Waals surface area (Å²) in [6, 6.07) is 24.8. The number of nitrogens with one attached hydrogen (secondary N) is 2. The molecule has 33 heavy (non-hydrogen) atoms. The number of aryl methyl sites for hydroxylation is 1. The van der Waals surface area contributed by atoms with Crippen LogP contribution in [0.1, 0.15) is 15.9 Å². The van der Waals surface area contributed by atoms with Gasteiger partial charge in [0.05, 0.1) is 11.3 Å². The summed E-state index contributed by atoms with van der Waals surface area (Å²) < 4.78 is 2.57. The van der Waals surface area contributed by atoms with Gasteiger partial charge in [-0.1, -0.05) is 71.9 Å². The van der Waals surface area contributed by atoms with Crippen molar-refractivity contribution in [3.8, 4) is 17.1 Å². The first-order valence-electron chi connectivity index (χ1n) is 10.1. The van der Waals surface area contributed by atoms with Gasteiger partial charge in [0.15, 0.2) is 11.0 Å². The number of benzene rings is 3. The quantitative estimate of drug-likeness (QED) is 0.286. The number of hydrogen-bond acceptors (Lipinski definition) is 5. The molecule has 0 saturated carbocycles. The average molecular weight is 522 g/mol. The molecule has 3 aromatic carbocycles. The molecule has 0 aliphatic heterocycles. The van der Waals surface area contributed by atoms with E-state index in [-0.39, 0.29) is 11.7 Å². The van der Waals surface area contributed by atoms with Crippen molar-refractivity contribution >= 4 is 39.5 Å². The van der Waals surface area contributed by atoms with E-state index in [1.165, 1.54) is 11.8 Å². The topological polar surface area (TPSA) is 88.9 Å². The molecule has 0 bridgehead atoms. The zero-order valence-electron chi connectivity index (χ0n) is 17.7. The van der Waals surface area contributed by atoms with Gasteiger partial charge in [-0.15, -0.1) is 10.2 Å². The number of aromatic nitrogens is 3. The number of thioether (sulfide) groups is 1. The second-order valence-electron chi connectivity index (χ2n) is 7.11. The minimum absolute atomic E-state index is 0.0506. The summed E-state index contributed by atoms with van der Waals surface area (Å²) in [7, 11) is 0. The molecule has 7 nitrogen and oxygen atoms in total. The van der Waals surface area contributed by atoms with Crippen LogP contribution in [-0.4, -0.2) is 32.3 Å². The average Bonchev–Trinajstić information content (AvgIpc) is 3.26. The van der Waals surface area contributed by atoms with Crippen LogP contribution in [0.5, 0.6) is 0 Å². The second kappa shape index (κ2) is 10.5. The Morgan fingerprint density at radius 3 is 2.33 bits per heavy atom. The molecule has 0 atom stereocenters. The highest BCUT2D eigenvalue weighted by Gasteiger charge is 2.17. The molecule has 4 aromatic rings. The highest BCUT2D eigenvalue weighted by molar-refractivity contribution is 9.10. The number of hydrogen-bond donors (Lipinski definition) is 2. The fraction of sp³-hybridized carbons (Fsp3) is 0.0833. The van der Waals surface area contributed by atoms with E-state index < -0.39 is 5.91 Å². The van der Waals surface area contributed by atoms with Crippen LogP contribution in [0.3, 0.4) is 0 Å². The smallest absolute Gasteiger partial charge is 0.270 e. The Morgan fingerprint density at radius 1 is 0.909 bits per heavy atom. The maximum Gasteiger partial charge on any atom is 0.270 e. The molecule has 2 N–H and O–H groups in total. The first-order chi connectivity index (χ1) is 16.0. The number of nitrogens with zero attached hydrogens (tertiary/aromatic N) is 3. The molecule has 0 unspecified atom stereocenters. The van der Waals surface area contributed by atoms with Gasteiger partial charge in [0.1, 0.15) is 0 Å². The molecule has 166 valence electrons. The van der Waals surface area contributed by atoms with Gasteiger partial charge in [0.2, 0.25) is 5.91 Å². The van der Waals surface area contributed by atoms with Crippen molar-refractivity contribution in [1.82, 2.24) is 25.6 Å². The van der Waals surface area contributed by atoms with Crippen LogP contribution in [0.4, 0.5) is 0 Å². The Bertz CT molecular complexity index is 1280. The molecule has 0 fully saturated rings. The summed E-state index contributed by atoms with van der Waals surface area (Å²) in [5.41, 5.74) is 8.27. The Hall–Kier alpha value is -3.43. The predicted molar refractivity (Wildman–Crippen MR) is 132 cm³/mol. The van der Waals surface area contributed by atoms with E-state index >= 15 is 0 Å². The Kier molecular flexibility index (Phi) is 7.21. The van der Waals surface area contributed by atoms with Crippen LogP contribution >= 0.6 is 27.7 Å². The normalized spacial score (nSPS) is 10.6. The third-order valence-corrected chi connectivity index (χ3v) is 6.34. The molecule has 9 heteroatoms. The minimum Gasteiger partial charge on any atom is -0.272 e. The van der Waals surface area contributed by atoms with E-state index in [0.29, 0.717) is 21.0 Å². The van der Waals surface area contributed by atoms with Crippen LogP contribution in [0.25, 0.3) is 17.1 Å². The van der Waals surface area contributed by atoms with Crippen LogP contribution in [0, 0.1) is 6.92 Å². The number of halogens is 1. The molecule has 1 aromatic heterocycles. The Labute approximate surface area is 203 Å². The zero-order valence-corrected chi connectivity index (χ0v) is 20.1. The van der Waals surface area contributed by atoms with Gasteiger partial charge in [-0.25, -0.2) is 0 Å². The van der Waals surface area contributed by atoms with Gasteiger partial charge in [-0.2, -0.15) is 0 Å². The monoisotopic (exact) mass is 521 g/mol.